The lowest BCUT2D eigenvalue weighted by Gasteiger charge is -2.09. The number of carbonyl (C=O) groups is 1. The maximum absolute atomic E-state index is 11.2. The molecule has 1 saturated carbocycles. The lowest BCUT2D eigenvalue weighted by atomic mass is 10.0. The summed E-state index contributed by atoms with van der Waals surface area (Å²) in [6.45, 7) is 1.82. The standard InChI is InChI=1S/C9H14O2/c1-2-4-8(10)7-5-3-6-9(7)11/h2,4,7,9,11H,3,5-6H2,1H3/b4-2+. The van der Waals surface area contributed by atoms with Crippen LogP contribution in [0.5, 0.6) is 0 Å². The summed E-state index contributed by atoms with van der Waals surface area (Å²) >= 11 is 0. The number of hydrogen-bond donors (Lipinski definition) is 1. The second-order valence-electron chi connectivity index (χ2n) is 3.01. The van der Waals surface area contributed by atoms with Gasteiger partial charge in [-0.05, 0) is 25.8 Å². The first-order valence-corrected chi connectivity index (χ1v) is 4.10. The Kier molecular flexibility index (Phi) is 2.83. The fourth-order valence-corrected chi connectivity index (χ4v) is 1.56. The smallest absolute Gasteiger partial charge is 0.161 e. The van der Waals surface area contributed by atoms with Gasteiger partial charge in [0.1, 0.15) is 0 Å². The number of hydrogen-bond acceptors (Lipinski definition) is 2. The highest BCUT2D eigenvalue weighted by Crippen LogP contribution is 2.26. The maximum atomic E-state index is 11.2. The molecule has 11 heavy (non-hydrogen) atoms. The largest absolute Gasteiger partial charge is 0.392 e. The van der Waals surface area contributed by atoms with Crippen molar-refractivity contribution in [3.8, 4) is 0 Å². The normalized spacial score (nSPS) is 31.5. The molecule has 0 amide bonds. The van der Waals surface area contributed by atoms with Gasteiger partial charge in [0.25, 0.3) is 0 Å². The highest BCUT2D eigenvalue weighted by molar-refractivity contribution is 5.92. The van der Waals surface area contributed by atoms with E-state index in [2.05, 4.69) is 0 Å². The summed E-state index contributed by atoms with van der Waals surface area (Å²) in [7, 11) is 0. The minimum absolute atomic E-state index is 0.0810. The van der Waals surface area contributed by atoms with Crippen molar-refractivity contribution in [2.75, 3.05) is 0 Å². The zero-order valence-corrected chi connectivity index (χ0v) is 6.79. The van der Waals surface area contributed by atoms with Crippen LogP contribution in [0.25, 0.3) is 0 Å². The van der Waals surface area contributed by atoms with E-state index in [1.54, 1.807) is 12.2 Å². The van der Waals surface area contributed by atoms with Crippen LogP contribution in [0.15, 0.2) is 12.2 Å². The summed E-state index contributed by atoms with van der Waals surface area (Å²) in [6, 6.07) is 0. The van der Waals surface area contributed by atoms with E-state index in [0.717, 1.165) is 19.3 Å². The summed E-state index contributed by atoms with van der Waals surface area (Å²) in [5, 5.41) is 9.33. The molecule has 1 rings (SSSR count). The molecule has 0 bridgehead atoms. The Bertz CT molecular complexity index is 172. The molecule has 0 heterocycles. The van der Waals surface area contributed by atoms with E-state index in [0.29, 0.717) is 0 Å². The molecule has 1 aliphatic rings. The molecule has 0 aromatic rings. The molecule has 1 N–H and O–H groups in total. The van der Waals surface area contributed by atoms with Gasteiger partial charge in [-0.15, -0.1) is 0 Å². The van der Waals surface area contributed by atoms with Gasteiger partial charge in [-0.2, -0.15) is 0 Å². The SMILES string of the molecule is C/C=C/C(=O)C1CCCC1O. The molecular formula is C9H14O2. The molecule has 1 aliphatic carbocycles. The van der Waals surface area contributed by atoms with Gasteiger partial charge in [0.15, 0.2) is 5.78 Å². The van der Waals surface area contributed by atoms with Gasteiger partial charge >= 0.3 is 0 Å². The third-order valence-electron chi connectivity index (χ3n) is 2.18. The summed E-state index contributed by atoms with van der Waals surface area (Å²) in [5.74, 6) is -0.0382. The maximum Gasteiger partial charge on any atom is 0.161 e. The minimum atomic E-state index is -0.390. The lowest BCUT2D eigenvalue weighted by molar-refractivity contribution is -0.120. The first-order chi connectivity index (χ1) is 5.25. The van der Waals surface area contributed by atoms with Crippen molar-refractivity contribution in [2.24, 2.45) is 5.92 Å². The van der Waals surface area contributed by atoms with Crippen LogP contribution in [0, 0.1) is 5.92 Å². The van der Waals surface area contributed by atoms with Gasteiger partial charge in [0.05, 0.1) is 6.10 Å². The Morgan fingerprint density at radius 2 is 2.27 bits per heavy atom. The first-order valence-electron chi connectivity index (χ1n) is 4.10. The summed E-state index contributed by atoms with van der Waals surface area (Å²) in [4.78, 5) is 11.2. The highest BCUT2D eigenvalue weighted by atomic mass is 16.3. The van der Waals surface area contributed by atoms with E-state index in [1.165, 1.54) is 0 Å². The van der Waals surface area contributed by atoms with Crippen molar-refractivity contribution in [1.82, 2.24) is 0 Å². The minimum Gasteiger partial charge on any atom is -0.392 e. The molecule has 0 aliphatic heterocycles. The van der Waals surface area contributed by atoms with Gasteiger partial charge in [-0.3, -0.25) is 4.79 Å². The van der Waals surface area contributed by atoms with Gasteiger partial charge in [-0.25, -0.2) is 0 Å². The Morgan fingerprint density at radius 1 is 1.55 bits per heavy atom. The zero-order chi connectivity index (χ0) is 8.27. The molecule has 2 unspecified atom stereocenters. The second-order valence-corrected chi connectivity index (χ2v) is 3.01. The monoisotopic (exact) mass is 154 g/mol. The molecule has 0 radical (unpaired) electrons. The lowest BCUT2D eigenvalue weighted by Crippen LogP contribution is -2.20. The van der Waals surface area contributed by atoms with Crippen LogP contribution >= 0.6 is 0 Å². The van der Waals surface area contributed by atoms with Crippen molar-refractivity contribution >= 4 is 5.78 Å². The molecule has 0 aromatic carbocycles. The summed E-state index contributed by atoms with van der Waals surface area (Å²) in [5.41, 5.74) is 0. The number of rotatable bonds is 2. The molecule has 2 nitrogen and oxygen atoms in total. The average Bonchev–Trinajstić information content (AvgIpc) is 2.36. The summed E-state index contributed by atoms with van der Waals surface area (Å²) in [6.07, 6.45) is 5.51. The van der Waals surface area contributed by atoms with Crippen LogP contribution in [0.1, 0.15) is 26.2 Å². The zero-order valence-electron chi connectivity index (χ0n) is 6.79. The van der Waals surface area contributed by atoms with E-state index < -0.39 is 6.10 Å². The molecular weight excluding hydrogens is 140 g/mol. The predicted octanol–water partition coefficient (Wildman–Crippen LogP) is 1.29. The van der Waals surface area contributed by atoms with Gasteiger partial charge in [0.2, 0.25) is 0 Å². The van der Waals surface area contributed by atoms with E-state index in [1.807, 2.05) is 6.92 Å². The highest BCUT2D eigenvalue weighted by Gasteiger charge is 2.29. The molecule has 2 atom stereocenters. The average molecular weight is 154 g/mol. The number of aliphatic hydroxyl groups excluding tert-OH is 1. The molecule has 0 spiro atoms. The first kappa shape index (κ1) is 8.47. The fraction of sp³-hybridized carbons (Fsp3) is 0.667. The molecule has 62 valence electrons. The van der Waals surface area contributed by atoms with E-state index in [4.69, 9.17) is 0 Å². The van der Waals surface area contributed by atoms with Crippen LogP contribution in [-0.2, 0) is 4.79 Å². The third kappa shape index (κ3) is 1.90. The van der Waals surface area contributed by atoms with Crippen molar-refractivity contribution in [3.05, 3.63) is 12.2 Å². The van der Waals surface area contributed by atoms with Crippen molar-refractivity contribution in [1.29, 1.82) is 0 Å². The van der Waals surface area contributed by atoms with Crippen LogP contribution in [0.3, 0.4) is 0 Å². The molecule has 2 heteroatoms. The van der Waals surface area contributed by atoms with Crippen molar-refractivity contribution in [2.45, 2.75) is 32.3 Å². The molecule has 0 aromatic heterocycles. The van der Waals surface area contributed by atoms with Crippen molar-refractivity contribution < 1.29 is 9.90 Å². The third-order valence-corrected chi connectivity index (χ3v) is 2.18. The van der Waals surface area contributed by atoms with Crippen LogP contribution < -0.4 is 0 Å². The predicted molar refractivity (Wildman–Crippen MR) is 43.2 cm³/mol. The van der Waals surface area contributed by atoms with E-state index >= 15 is 0 Å². The Hall–Kier alpha value is -0.630. The Morgan fingerprint density at radius 3 is 2.73 bits per heavy atom. The van der Waals surface area contributed by atoms with Gasteiger partial charge in [0, 0.05) is 5.92 Å². The number of carbonyl (C=O) groups excluding carboxylic acids is 1. The fourth-order valence-electron chi connectivity index (χ4n) is 1.56. The van der Waals surface area contributed by atoms with Crippen molar-refractivity contribution in [3.63, 3.8) is 0 Å². The molecule has 0 saturated heterocycles. The van der Waals surface area contributed by atoms with Gasteiger partial charge < -0.3 is 5.11 Å². The van der Waals surface area contributed by atoms with E-state index in [-0.39, 0.29) is 11.7 Å². The van der Waals surface area contributed by atoms with Crippen LogP contribution in [0.2, 0.25) is 0 Å². The number of aliphatic hydroxyl groups is 1. The molecule has 1 fully saturated rings. The Labute approximate surface area is 66.9 Å². The van der Waals surface area contributed by atoms with Crippen LogP contribution in [-0.4, -0.2) is 17.0 Å². The number of allylic oxidation sites excluding steroid dienone is 2. The number of ketones is 1. The quantitative estimate of drug-likeness (QED) is 0.608. The summed E-state index contributed by atoms with van der Waals surface area (Å²) < 4.78 is 0. The van der Waals surface area contributed by atoms with E-state index in [9.17, 15) is 9.90 Å². The topological polar surface area (TPSA) is 37.3 Å². The second kappa shape index (κ2) is 3.67. The van der Waals surface area contributed by atoms with Gasteiger partial charge in [-0.1, -0.05) is 12.5 Å². The Balaban J connectivity index is 2.52. The van der Waals surface area contributed by atoms with Crippen LogP contribution in [0.4, 0.5) is 0 Å².